The smallest absolute Gasteiger partial charge is 0.135 e. The molecule has 0 spiro atoms. The molecule has 0 aliphatic heterocycles. The van der Waals surface area contributed by atoms with Gasteiger partial charge in [-0.2, -0.15) is 0 Å². The molecule has 51 heavy (non-hydrogen) atoms. The topological polar surface area (TPSA) is 16.4 Å². The number of hydrogen-bond donors (Lipinski definition) is 0. The highest BCUT2D eigenvalue weighted by molar-refractivity contribution is 6.07. The van der Waals surface area contributed by atoms with Crippen molar-refractivity contribution in [1.29, 1.82) is 0 Å². The van der Waals surface area contributed by atoms with Gasteiger partial charge in [0.25, 0.3) is 0 Å². The van der Waals surface area contributed by atoms with Crippen molar-refractivity contribution < 1.29 is 4.42 Å². The Morgan fingerprint density at radius 3 is 1.92 bits per heavy atom. The summed E-state index contributed by atoms with van der Waals surface area (Å²) >= 11 is 0. The molecular formula is C49H35NO. The third-order valence-corrected chi connectivity index (χ3v) is 10.9. The molecule has 0 N–H and O–H groups in total. The minimum atomic E-state index is -0.0392. The highest BCUT2D eigenvalue weighted by Crippen LogP contribution is 2.50. The fourth-order valence-electron chi connectivity index (χ4n) is 8.30. The molecule has 0 amide bonds. The van der Waals surface area contributed by atoms with Gasteiger partial charge in [-0.05, 0) is 92.9 Å². The highest BCUT2D eigenvalue weighted by Gasteiger charge is 2.35. The van der Waals surface area contributed by atoms with Gasteiger partial charge in [-0.3, -0.25) is 0 Å². The monoisotopic (exact) mass is 653 g/mol. The van der Waals surface area contributed by atoms with Crippen LogP contribution in [0.2, 0.25) is 0 Å². The van der Waals surface area contributed by atoms with Crippen molar-refractivity contribution in [2.75, 3.05) is 4.90 Å². The van der Waals surface area contributed by atoms with E-state index in [1.54, 1.807) is 0 Å². The Morgan fingerprint density at radius 2 is 1.04 bits per heavy atom. The molecule has 1 heterocycles. The third kappa shape index (κ3) is 4.64. The third-order valence-electron chi connectivity index (χ3n) is 10.9. The molecular weight excluding hydrogens is 619 g/mol. The van der Waals surface area contributed by atoms with Crippen LogP contribution in [0.5, 0.6) is 0 Å². The lowest BCUT2D eigenvalue weighted by molar-refractivity contribution is 0.660. The molecule has 2 nitrogen and oxygen atoms in total. The van der Waals surface area contributed by atoms with Crippen LogP contribution in [0, 0.1) is 0 Å². The molecule has 0 bridgehead atoms. The summed E-state index contributed by atoms with van der Waals surface area (Å²) in [5.41, 5.74) is 15.4. The van der Waals surface area contributed by atoms with E-state index in [2.05, 4.69) is 183 Å². The van der Waals surface area contributed by atoms with E-state index in [9.17, 15) is 0 Å². The lowest BCUT2D eigenvalue weighted by Gasteiger charge is -2.29. The summed E-state index contributed by atoms with van der Waals surface area (Å²) in [6.45, 7) is 4.69. The quantitative estimate of drug-likeness (QED) is 0.184. The summed E-state index contributed by atoms with van der Waals surface area (Å²) in [7, 11) is 0. The van der Waals surface area contributed by atoms with Crippen LogP contribution in [-0.2, 0) is 5.41 Å². The van der Waals surface area contributed by atoms with Crippen molar-refractivity contribution in [2.45, 2.75) is 19.3 Å². The normalized spacial score (nSPS) is 13.1. The van der Waals surface area contributed by atoms with E-state index in [1.807, 2.05) is 12.1 Å². The first kappa shape index (κ1) is 29.5. The van der Waals surface area contributed by atoms with E-state index in [0.717, 1.165) is 50.1 Å². The first-order valence-electron chi connectivity index (χ1n) is 17.7. The van der Waals surface area contributed by atoms with Gasteiger partial charge < -0.3 is 9.32 Å². The van der Waals surface area contributed by atoms with E-state index in [1.165, 1.54) is 44.2 Å². The fraction of sp³-hybridized carbons (Fsp3) is 0.0612. The van der Waals surface area contributed by atoms with Gasteiger partial charge in [-0.1, -0.05) is 141 Å². The zero-order chi connectivity index (χ0) is 34.1. The molecule has 0 radical (unpaired) electrons. The summed E-state index contributed by atoms with van der Waals surface area (Å²) in [4.78, 5) is 2.42. The molecule has 9 aromatic rings. The minimum Gasteiger partial charge on any atom is -0.456 e. The number of nitrogens with zero attached hydrogens (tertiary/aromatic N) is 1. The molecule has 8 aromatic carbocycles. The van der Waals surface area contributed by atoms with Crippen LogP contribution < -0.4 is 4.90 Å². The SMILES string of the molecule is CC1(C)c2ccccc2-c2ccc(-c3ccc(N(c4ccccc4-c4ccc5oc6ccccc6c5c4)c4cccc5ccccc45)cc3)cc21. The molecule has 0 unspecified atom stereocenters. The highest BCUT2D eigenvalue weighted by atomic mass is 16.3. The van der Waals surface area contributed by atoms with Crippen molar-refractivity contribution >= 4 is 49.8 Å². The summed E-state index contributed by atoms with van der Waals surface area (Å²) in [6, 6.07) is 63.8. The summed E-state index contributed by atoms with van der Waals surface area (Å²) in [5.74, 6) is 0. The van der Waals surface area contributed by atoms with Gasteiger partial charge in [0, 0.05) is 32.8 Å². The fourth-order valence-corrected chi connectivity index (χ4v) is 8.30. The first-order valence-corrected chi connectivity index (χ1v) is 17.7. The molecule has 0 saturated heterocycles. The van der Waals surface area contributed by atoms with E-state index < -0.39 is 0 Å². The summed E-state index contributed by atoms with van der Waals surface area (Å²) < 4.78 is 6.20. The van der Waals surface area contributed by atoms with Crippen molar-refractivity contribution in [1.82, 2.24) is 0 Å². The van der Waals surface area contributed by atoms with Crippen LogP contribution in [-0.4, -0.2) is 0 Å². The summed E-state index contributed by atoms with van der Waals surface area (Å²) in [5, 5.41) is 4.67. The van der Waals surface area contributed by atoms with Crippen molar-refractivity contribution in [3.8, 4) is 33.4 Å². The van der Waals surface area contributed by atoms with E-state index in [4.69, 9.17) is 4.42 Å². The van der Waals surface area contributed by atoms with Crippen LogP contribution in [0.25, 0.3) is 66.1 Å². The van der Waals surface area contributed by atoms with Gasteiger partial charge in [0.2, 0.25) is 0 Å². The predicted octanol–water partition coefficient (Wildman–Crippen LogP) is 13.8. The average molecular weight is 654 g/mol. The summed E-state index contributed by atoms with van der Waals surface area (Å²) in [6.07, 6.45) is 0. The Bertz CT molecular complexity index is 2780. The van der Waals surface area contributed by atoms with E-state index >= 15 is 0 Å². The van der Waals surface area contributed by atoms with Crippen LogP contribution in [0.1, 0.15) is 25.0 Å². The number of hydrogen-bond acceptors (Lipinski definition) is 2. The molecule has 0 fully saturated rings. The number of para-hydroxylation sites is 2. The molecule has 242 valence electrons. The average Bonchev–Trinajstić information content (AvgIpc) is 3.67. The Kier molecular flexibility index (Phi) is 6.56. The molecule has 1 aliphatic carbocycles. The molecule has 0 atom stereocenters. The standard InChI is InChI=1S/C49H35NO/c1-49(2)43-18-8-5-16-39(43)40-28-24-34(31-44(40)49)32-22-26-36(27-23-32)50(46-20-11-13-33-12-3-4-14-37(33)46)45-19-9-6-15-38(45)35-25-29-48-42(30-35)41-17-7-10-21-47(41)51-48/h3-31H,1-2H3. The van der Waals surface area contributed by atoms with Crippen molar-refractivity contribution in [3.05, 3.63) is 187 Å². The van der Waals surface area contributed by atoms with Crippen molar-refractivity contribution in [2.24, 2.45) is 0 Å². The Labute approximate surface area is 297 Å². The van der Waals surface area contributed by atoms with Crippen molar-refractivity contribution in [3.63, 3.8) is 0 Å². The maximum absolute atomic E-state index is 6.20. The van der Waals surface area contributed by atoms with Gasteiger partial charge in [-0.25, -0.2) is 0 Å². The number of furan rings is 1. The Hall–Kier alpha value is -6.38. The molecule has 1 aliphatic rings. The van der Waals surface area contributed by atoms with Crippen LogP contribution >= 0.6 is 0 Å². The van der Waals surface area contributed by atoms with Gasteiger partial charge in [0.05, 0.1) is 11.4 Å². The van der Waals surface area contributed by atoms with Crippen LogP contribution in [0.4, 0.5) is 17.1 Å². The van der Waals surface area contributed by atoms with Gasteiger partial charge >= 0.3 is 0 Å². The van der Waals surface area contributed by atoms with E-state index in [-0.39, 0.29) is 5.41 Å². The van der Waals surface area contributed by atoms with Gasteiger partial charge in [0.1, 0.15) is 11.2 Å². The maximum Gasteiger partial charge on any atom is 0.135 e. The lowest BCUT2D eigenvalue weighted by Crippen LogP contribution is -2.14. The second-order valence-corrected chi connectivity index (χ2v) is 14.1. The number of benzene rings is 8. The number of anilines is 3. The number of rotatable bonds is 5. The van der Waals surface area contributed by atoms with Gasteiger partial charge in [0.15, 0.2) is 0 Å². The largest absolute Gasteiger partial charge is 0.456 e. The molecule has 1 aromatic heterocycles. The van der Waals surface area contributed by atoms with Gasteiger partial charge in [-0.15, -0.1) is 0 Å². The van der Waals surface area contributed by atoms with Crippen LogP contribution in [0.3, 0.4) is 0 Å². The lowest BCUT2D eigenvalue weighted by atomic mass is 9.81. The predicted molar refractivity (Wildman–Crippen MR) is 214 cm³/mol. The Morgan fingerprint density at radius 1 is 0.412 bits per heavy atom. The minimum absolute atomic E-state index is 0.0392. The molecule has 0 saturated carbocycles. The second-order valence-electron chi connectivity index (χ2n) is 14.1. The maximum atomic E-state index is 6.20. The van der Waals surface area contributed by atoms with E-state index in [0.29, 0.717) is 0 Å². The van der Waals surface area contributed by atoms with Crippen LogP contribution in [0.15, 0.2) is 180 Å². The Balaban J connectivity index is 1.12. The zero-order valence-electron chi connectivity index (χ0n) is 28.6. The second kappa shape index (κ2) is 11.3. The first-order chi connectivity index (χ1) is 25.0. The number of fused-ring (bicyclic) bond motifs is 7. The molecule has 10 rings (SSSR count). The molecule has 2 heteroatoms. The zero-order valence-corrected chi connectivity index (χ0v) is 28.6.